The van der Waals surface area contributed by atoms with Crippen molar-refractivity contribution in [3.05, 3.63) is 93.3 Å². The third kappa shape index (κ3) is 7.02. The first kappa shape index (κ1) is 26.5. The molecule has 3 aromatic rings. The third-order valence-electron chi connectivity index (χ3n) is 5.52. The highest BCUT2D eigenvalue weighted by molar-refractivity contribution is 9.10. The Labute approximate surface area is 228 Å². The lowest BCUT2D eigenvalue weighted by Gasteiger charge is -2.14. The first-order valence-electron chi connectivity index (χ1n) is 11.6. The smallest absolute Gasteiger partial charge is 0.293 e. The van der Waals surface area contributed by atoms with Crippen molar-refractivity contribution in [2.45, 2.75) is 12.8 Å². The SMILES string of the molecule is COc1cc(/C=C2/SC(=O)N(CCCc3ccccc3)C2=O)cc(Br)c1OCC(=O)Nc1ccccc1. The fourth-order valence-electron chi connectivity index (χ4n) is 3.75. The van der Waals surface area contributed by atoms with Crippen LogP contribution >= 0.6 is 27.7 Å². The average molecular weight is 581 g/mol. The summed E-state index contributed by atoms with van der Waals surface area (Å²) in [7, 11) is 1.49. The molecule has 1 aliphatic heterocycles. The predicted molar refractivity (Wildman–Crippen MR) is 149 cm³/mol. The number of halogens is 1. The molecule has 0 bridgehead atoms. The minimum absolute atomic E-state index is 0.217. The highest BCUT2D eigenvalue weighted by Gasteiger charge is 2.34. The maximum atomic E-state index is 12.9. The van der Waals surface area contributed by atoms with Crippen LogP contribution in [0.2, 0.25) is 0 Å². The molecule has 1 heterocycles. The van der Waals surface area contributed by atoms with E-state index in [1.807, 2.05) is 48.5 Å². The molecule has 0 aliphatic carbocycles. The van der Waals surface area contributed by atoms with Crippen molar-refractivity contribution in [1.82, 2.24) is 4.90 Å². The van der Waals surface area contributed by atoms with Gasteiger partial charge in [-0.1, -0.05) is 48.5 Å². The van der Waals surface area contributed by atoms with Gasteiger partial charge in [0.25, 0.3) is 17.1 Å². The van der Waals surface area contributed by atoms with Crippen LogP contribution < -0.4 is 14.8 Å². The Morgan fingerprint density at radius 1 is 1.05 bits per heavy atom. The van der Waals surface area contributed by atoms with Crippen molar-refractivity contribution in [1.29, 1.82) is 0 Å². The second-order valence-corrected chi connectivity index (χ2v) is 10.0. The summed E-state index contributed by atoms with van der Waals surface area (Å²) in [5.74, 6) is 0.119. The number of amides is 3. The normalized spacial score (nSPS) is 14.2. The molecule has 7 nitrogen and oxygen atoms in total. The first-order valence-corrected chi connectivity index (χ1v) is 13.2. The van der Waals surface area contributed by atoms with Crippen LogP contribution in [-0.2, 0) is 16.0 Å². The molecule has 0 saturated carbocycles. The van der Waals surface area contributed by atoms with Gasteiger partial charge in [0.2, 0.25) is 0 Å². The van der Waals surface area contributed by atoms with Crippen molar-refractivity contribution >= 4 is 56.5 Å². The van der Waals surface area contributed by atoms with Gasteiger partial charge in [0.1, 0.15) is 0 Å². The van der Waals surface area contributed by atoms with Crippen LogP contribution in [0.15, 0.2) is 82.2 Å². The molecular formula is C28H25BrN2O5S. The van der Waals surface area contributed by atoms with Gasteiger partial charge < -0.3 is 14.8 Å². The van der Waals surface area contributed by atoms with Crippen LogP contribution in [0.25, 0.3) is 6.08 Å². The molecule has 9 heteroatoms. The maximum absolute atomic E-state index is 12.9. The van der Waals surface area contributed by atoms with Gasteiger partial charge in [-0.15, -0.1) is 0 Å². The zero-order valence-corrected chi connectivity index (χ0v) is 22.5. The van der Waals surface area contributed by atoms with E-state index in [0.29, 0.717) is 45.1 Å². The zero-order chi connectivity index (χ0) is 26.2. The summed E-state index contributed by atoms with van der Waals surface area (Å²) in [6.07, 6.45) is 3.14. The zero-order valence-electron chi connectivity index (χ0n) is 20.1. The van der Waals surface area contributed by atoms with E-state index in [-0.39, 0.29) is 23.7 Å². The number of thioether (sulfide) groups is 1. The molecule has 1 N–H and O–H groups in total. The molecule has 1 fully saturated rings. The van der Waals surface area contributed by atoms with Gasteiger partial charge in [-0.25, -0.2) is 0 Å². The quantitative estimate of drug-likeness (QED) is 0.290. The number of carbonyl (C=O) groups is 3. The Morgan fingerprint density at radius 3 is 2.46 bits per heavy atom. The molecule has 0 aromatic heterocycles. The summed E-state index contributed by atoms with van der Waals surface area (Å²) in [6.45, 7) is 0.146. The van der Waals surface area contributed by atoms with E-state index in [0.717, 1.165) is 18.2 Å². The van der Waals surface area contributed by atoms with Crippen LogP contribution in [0.5, 0.6) is 11.5 Å². The van der Waals surface area contributed by atoms with E-state index < -0.39 is 0 Å². The third-order valence-corrected chi connectivity index (χ3v) is 7.01. The van der Waals surface area contributed by atoms with Crippen molar-refractivity contribution in [2.75, 3.05) is 25.6 Å². The lowest BCUT2D eigenvalue weighted by atomic mass is 10.1. The number of rotatable bonds is 10. The lowest BCUT2D eigenvalue weighted by Crippen LogP contribution is -2.29. The average Bonchev–Trinajstić information content (AvgIpc) is 3.16. The van der Waals surface area contributed by atoms with Gasteiger partial charge in [0, 0.05) is 12.2 Å². The Morgan fingerprint density at radius 2 is 1.76 bits per heavy atom. The summed E-state index contributed by atoms with van der Waals surface area (Å²) < 4.78 is 11.7. The van der Waals surface area contributed by atoms with Crippen LogP contribution in [0.4, 0.5) is 10.5 Å². The number of hydrogen-bond acceptors (Lipinski definition) is 6. The highest BCUT2D eigenvalue weighted by Crippen LogP contribution is 2.39. The fourth-order valence-corrected chi connectivity index (χ4v) is 5.19. The Kier molecular flexibility index (Phi) is 9.03. The Balaban J connectivity index is 1.40. The number of benzene rings is 3. The van der Waals surface area contributed by atoms with Crippen molar-refractivity contribution < 1.29 is 23.9 Å². The first-order chi connectivity index (χ1) is 17.9. The number of nitrogens with one attached hydrogen (secondary N) is 1. The fraction of sp³-hybridized carbons (Fsp3) is 0.179. The monoisotopic (exact) mass is 580 g/mol. The van der Waals surface area contributed by atoms with Gasteiger partial charge in [-0.3, -0.25) is 19.3 Å². The maximum Gasteiger partial charge on any atom is 0.293 e. The van der Waals surface area contributed by atoms with Crippen LogP contribution in [0, 0.1) is 0 Å². The van der Waals surface area contributed by atoms with Gasteiger partial charge in [-0.2, -0.15) is 0 Å². The van der Waals surface area contributed by atoms with Crippen molar-refractivity contribution in [2.24, 2.45) is 0 Å². The number of aryl methyl sites for hydroxylation is 1. The molecule has 3 aromatic carbocycles. The van der Waals surface area contributed by atoms with Crippen LogP contribution in [0.1, 0.15) is 17.5 Å². The number of imide groups is 1. The number of carbonyl (C=O) groups excluding carboxylic acids is 3. The molecule has 37 heavy (non-hydrogen) atoms. The number of ether oxygens (including phenoxy) is 2. The summed E-state index contributed by atoms with van der Waals surface area (Å²) in [5.41, 5.74) is 2.49. The summed E-state index contributed by atoms with van der Waals surface area (Å²) in [6, 6.07) is 22.5. The number of anilines is 1. The van der Waals surface area contributed by atoms with Crippen molar-refractivity contribution in [3.63, 3.8) is 0 Å². The van der Waals surface area contributed by atoms with Crippen LogP contribution in [0.3, 0.4) is 0 Å². The minimum atomic E-state index is -0.315. The Bertz CT molecular complexity index is 1310. The number of methoxy groups -OCH3 is 1. The molecule has 190 valence electrons. The standard InChI is InChI=1S/C28H25BrN2O5S/c1-35-23-16-20(15-22(29)26(23)36-18-25(32)30-21-12-6-3-7-13-21)17-24-27(33)31(28(34)37-24)14-8-11-19-9-4-2-5-10-19/h2-7,9-10,12-13,15-17H,8,11,14,18H2,1H3,(H,30,32)/b24-17+. The molecule has 0 atom stereocenters. The van der Waals surface area contributed by atoms with E-state index in [1.54, 1.807) is 30.3 Å². The Hall–Kier alpha value is -3.56. The van der Waals surface area contributed by atoms with Crippen molar-refractivity contribution in [3.8, 4) is 11.5 Å². The molecule has 0 radical (unpaired) electrons. The van der Waals surface area contributed by atoms with Gasteiger partial charge in [0.05, 0.1) is 16.5 Å². The molecule has 0 unspecified atom stereocenters. The molecule has 3 amide bonds. The van der Waals surface area contributed by atoms with Gasteiger partial charge >= 0.3 is 0 Å². The van der Waals surface area contributed by atoms with E-state index >= 15 is 0 Å². The number of nitrogens with zero attached hydrogens (tertiary/aromatic N) is 1. The molecule has 4 rings (SSSR count). The summed E-state index contributed by atoms with van der Waals surface area (Å²) >= 11 is 4.39. The molecular weight excluding hydrogens is 556 g/mol. The van der Waals surface area contributed by atoms with Crippen LogP contribution in [-0.4, -0.2) is 42.2 Å². The topological polar surface area (TPSA) is 84.9 Å². The highest BCUT2D eigenvalue weighted by atomic mass is 79.9. The molecule has 1 saturated heterocycles. The van der Waals surface area contributed by atoms with E-state index in [1.165, 1.54) is 17.6 Å². The molecule has 1 aliphatic rings. The second-order valence-electron chi connectivity index (χ2n) is 8.16. The van der Waals surface area contributed by atoms with E-state index in [4.69, 9.17) is 9.47 Å². The lowest BCUT2D eigenvalue weighted by molar-refractivity contribution is -0.122. The molecule has 0 spiro atoms. The number of hydrogen-bond donors (Lipinski definition) is 1. The summed E-state index contributed by atoms with van der Waals surface area (Å²) in [5, 5.41) is 2.48. The minimum Gasteiger partial charge on any atom is -0.493 e. The number of para-hydroxylation sites is 1. The van der Waals surface area contributed by atoms with E-state index in [2.05, 4.69) is 21.2 Å². The predicted octanol–water partition coefficient (Wildman–Crippen LogP) is 6.14. The van der Waals surface area contributed by atoms with Gasteiger partial charge in [0.15, 0.2) is 18.1 Å². The second kappa shape index (κ2) is 12.6. The van der Waals surface area contributed by atoms with E-state index in [9.17, 15) is 14.4 Å². The largest absolute Gasteiger partial charge is 0.493 e. The summed E-state index contributed by atoms with van der Waals surface area (Å²) in [4.78, 5) is 39.3. The van der Waals surface area contributed by atoms with Gasteiger partial charge in [-0.05, 0) is 82.0 Å².